The third-order valence-corrected chi connectivity index (χ3v) is 2.35. The van der Waals surface area contributed by atoms with Gasteiger partial charge in [-0.05, 0) is 39.0 Å². The van der Waals surface area contributed by atoms with E-state index < -0.39 is 0 Å². The molecule has 0 aliphatic carbocycles. The van der Waals surface area contributed by atoms with Crippen molar-refractivity contribution < 1.29 is 0 Å². The van der Waals surface area contributed by atoms with Gasteiger partial charge in [0.2, 0.25) is 0 Å². The smallest absolute Gasteiger partial charge is 0.0291 e. The molecule has 0 saturated carbocycles. The predicted molar refractivity (Wildman–Crippen MR) is 61.4 cm³/mol. The molecule has 0 aromatic heterocycles. The first-order valence-electron chi connectivity index (χ1n) is 5.27. The minimum Gasteiger partial charge on any atom is -0.320 e. The van der Waals surface area contributed by atoms with Crippen molar-refractivity contribution in [2.75, 3.05) is 20.1 Å². The lowest BCUT2D eigenvalue weighted by Gasteiger charge is -2.13. The van der Waals surface area contributed by atoms with Gasteiger partial charge in [-0.15, -0.1) is 0 Å². The highest BCUT2D eigenvalue weighted by Crippen LogP contribution is 2.10. The van der Waals surface area contributed by atoms with E-state index in [0.29, 0.717) is 6.04 Å². The fourth-order valence-corrected chi connectivity index (χ4v) is 1.44. The Morgan fingerprint density at radius 3 is 2.50 bits per heavy atom. The topological polar surface area (TPSA) is 24.1 Å². The molecule has 1 atom stereocenters. The first-order valence-corrected chi connectivity index (χ1v) is 5.27. The first kappa shape index (κ1) is 11.2. The van der Waals surface area contributed by atoms with Crippen LogP contribution in [0.3, 0.4) is 0 Å². The molecule has 78 valence electrons. The Bertz CT molecular complexity index is 233. The SMILES string of the molecule is CNCCCN[C@H](C)c1ccccc1. The van der Waals surface area contributed by atoms with Gasteiger partial charge in [-0.1, -0.05) is 30.3 Å². The molecule has 0 aliphatic rings. The lowest BCUT2D eigenvalue weighted by atomic mass is 10.1. The van der Waals surface area contributed by atoms with Crippen LogP contribution in [0.2, 0.25) is 0 Å². The lowest BCUT2D eigenvalue weighted by Crippen LogP contribution is -2.22. The fraction of sp³-hybridized carbons (Fsp3) is 0.500. The van der Waals surface area contributed by atoms with Crippen LogP contribution in [0, 0.1) is 0 Å². The molecule has 2 heteroatoms. The Labute approximate surface area is 86.7 Å². The zero-order chi connectivity index (χ0) is 10.2. The zero-order valence-electron chi connectivity index (χ0n) is 9.09. The van der Waals surface area contributed by atoms with Crippen molar-refractivity contribution in [3.8, 4) is 0 Å². The van der Waals surface area contributed by atoms with Crippen molar-refractivity contribution >= 4 is 0 Å². The van der Waals surface area contributed by atoms with Crippen molar-refractivity contribution in [3.63, 3.8) is 0 Å². The number of nitrogens with one attached hydrogen (secondary N) is 2. The van der Waals surface area contributed by atoms with Gasteiger partial charge in [-0.3, -0.25) is 0 Å². The molecule has 2 nitrogen and oxygen atoms in total. The zero-order valence-corrected chi connectivity index (χ0v) is 9.09. The molecule has 0 saturated heterocycles. The van der Waals surface area contributed by atoms with E-state index in [9.17, 15) is 0 Å². The second kappa shape index (κ2) is 6.57. The van der Waals surface area contributed by atoms with Crippen LogP contribution in [0.5, 0.6) is 0 Å². The molecule has 0 heterocycles. The van der Waals surface area contributed by atoms with Crippen molar-refractivity contribution in [1.29, 1.82) is 0 Å². The van der Waals surface area contributed by atoms with E-state index in [2.05, 4.69) is 47.9 Å². The van der Waals surface area contributed by atoms with Crippen molar-refractivity contribution in [2.45, 2.75) is 19.4 Å². The van der Waals surface area contributed by atoms with Gasteiger partial charge in [0.05, 0.1) is 0 Å². The lowest BCUT2D eigenvalue weighted by molar-refractivity contribution is 0.549. The van der Waals surface area contributed by atoms with Crippen LogP contribution in [0.4, 0.5) is 0 Å². The molecule has 1 aromatic carbocycles. The van der Waals surface area contributed by atoms with Crippen molar-refractivity contribution in [2.24, 2.45) is 0 Å². The minimum atomic E-state index is 0.452. The van der Waals surface area contributed by atoms with Gasteiger partial charge in [0.15, 0.2) is 0 Å². The van der Waals surface area contributed by atoms with Crippen molar-refractivity contribution in [1.82, 2.24) is 10.6 Å². The molecular weight excluding hydrogens is 172 g/mol. The third-order valence-electron chi connectivity index (χ3n) is 2.35. The summed E-state index contributed by atoms with van der Waals surface area (Å²) in [5.74, 6) is 0. The molecule has 2 N–H and O–H groups in total. The van der Waals surface area contributed by atoms with Crippen LogP contribution < -0.4 is 10.6 Å². The first-order chi connectivity index (χ1) is 6.84. The van der Waals surface area contributed by atoms with Crippen LogP contribution in [0.25, 0.3) is 0 Å². The molecular formula is C12H20N2. The minimum absolute atomic E-state index is 0.452. The summed E-state index contributed by atoms with van der Waals surface area (Å²) < 4.78 is 0. The summed E-state index contributed by atoms with van der Waals surface area (Å²) in [5.41, 5.74) is 1.36. The van der Waals surface area contributed by atoms with Gasteiger partial charge in [0, 0.05) is 6.04 Å². The van der Waals surface area contributed by atoms with E-state index in [1.807, 2.05) is 7.05 Å². The molecule has 0 spiro atoms. The Balaban J connectivity index is 2.25. The van der Waals surface area contributed by atoms with Gasteiger partial charge in [0.1, 0.15) is 0 Å². The van der Waals surface area contributed by atoms with Gasteiger partial charge in [-0.2, -0.15) is 0 Å². The van der Waals surface area contributed by atoms with Gasteiger partial charge in [-0.25, -0.2) is 0 Å². The number of benzene rings is 1. The Morgan fingerprint density at radius 2 is 1.86 bits per heavy atom. The molecule has 0 radical (unpaired) electrons. The van der Waals surface area contributed by atoms with Crippen LogP contribution in [-0.4, -0.2) is 20.1 Å². The summed E-state index contributed by atoms with van der Waals surface area (Å²) in [6, 6.07) is 11.0. The Morgan fingerprint density at radius 1 is 1.14 bits per heavy atom. The van der Waals surface area contributed by atoms with Crippen LogP contribution in [0.1, 0.15) is 24.9 Å². The van der Waals surface area contributed by atoms with Crippen LogP contribution in [-0.2, 0) is 0 Å². The average Bonchev–Trinajstić information content (AvgIpc) is 2.25. The highest BCUT2D eigenvalue weighted by atomic mass is 14.9. The molecule has 14 heavy (non-hydrogen) atoms. The summed E-state index contributed by atoms with van der Waals surface area (Å²) in [6.07, 6.45) is 1.17. The van der Waals surface area contributed by atoms with E-state index in [4.69, 9.17) is 0 Å². The second-order valence-electron chi connectivity index (χ2n) is 3.54. The molecule has 1 aromatic rings. The summed E-state index contributed by atoms with van der Waals surface area (Å²) in [7, 11) is 1.99. The molecule has 0 amide bonds. The average molecular weight is 192 g/mol. The van der Waals surface area contributed by atoms with E-state index in [1.165, 1.54) is 12.0 Å². The standard InChI is InChI=1S/C12H20N2/c1-11(14-10-6-9-13-2)12-7-4-3-5-8-12/h3-5,7-8,11,13-14H,6,9-10H2,1-2H3/t11-/m1/s1. The van der Waals surface area contributed by atoms with E-state index in [1.54, 1.807) is 0 Å². The predicted octanol–water partition coefficient (Wildman–Crippen LogP) is 1.95. The van der Waals surface area contributed by atoms with Gasteiger partial charge in [0.25, 0.3) is 0 Å². The van der Waals surface area contributed by atoms with Crippen LogP contribution in [0.15, 0.2) is 30.3 Å². The van der Waals surface area contributed by atoms with E-state index in [0.717, 1.165) is 13.1 Å². The molecule has 0 aliphatic heterocycles. The summed E-state index contributed by atoms with van der Waals surface area (Å²) >= 11 is 0. The third kappa shape index (κ3) is 3.90. The van der Waals surface area contributed by atoms with Crippen LogP contribution >= 0.6 is 0 Å². The summed E-state index contributed by atoms with van der Waals surface area (Å²) in [4.78, 5) is 0. The quantitative estimate of drug-likeness (QED) is 0.673. The number of hydrogen-bond donors (Lipinski definition) is 2. The largest absolute Gasteiger partial charge is 0.320 e. The molecule has 0 unspecified atom stereocenters. The maximum Gasteiger partial charge on any atom is 0.0291 e. The fourth-order valence-electron chi connectivity index (χ4n) is 1.44. The maximum atomic E-state index is 3.49. The van der Waals surface area contributed by atoms with Gasteiger partial charge < -0.3 is 10.6 Å². The second-order valence-corrected chi connectivity index (χ2v) is 3.54. The Kier molecular flexibility index (Phi) is 5.27. The Hall–Kier alpha value is -0.860. The normalized spacial score (nSPS) is 12.7. The monoisotopic (exact) mass is 192 g/mol. The highest BCUT2D eigenvalue weighted by molar-refractivity contribution is 5.17. The summed E-state index contributed by atoms with van der Waals surface area (Å²) in [5, 5.41) is 6.63. The van der Waals surface area contributed by atoms with Gasteiger partial charge >= 0.3 is 0 Å². The molecule has 1 rings (SSSR count). The number of hydrogen-bond acceptors (Lipinski definition) is 2. The molecule has 0 fully saturated rings. The van der Waals surface area contributed by atoms with Crippen molar-refractivity contribution in [3.05, 3.63) is 35.9 Å². The molecule has 0 bridgehead atoms. The number of rotatable bonds is 6. The van der Waals surface area contributed by atoms with E-state index >= 15 is 0 Å². The summed E-state index contributed by atoms with van der Waals surface area (Å²) in [6.45, 7) is 4.35. The maximum absolute atomic E-state index is 3.49. The van der Waals surface area contributed by atoms with E-state index in [-0.39, 0.29) is 0 Å². The highest BCUT2D eigenvalue weighted by Gasteiger charge is 2.01.